The molecule has 1 heterocycles. The molecule has 0 amide bonds. The van der Waals surface area contributed by atoms with Crippen LogP contribution in [0.25, 0.3) is 0 Å². The molecule has 112 valence electrons. The Morgan fingerprint density at radius 3 is 2.50 bits per heavy atom. The number of sulfonamides is 1. The highest BCUT2D eigenvalue weighted by Crippen LogP contribution is 2.37. The van der Waals surface area contributed by atoms with Crippen molar-refractivity contribution >= 4 is 61.8 Å². The molecular formula is C11H14Cl2N2O2S3. The van der Waals surface area contributed by atoms with Crippen LogP contribution in [0.4, 0.5) is 0 Å². The van der Waals surface area contributed by atoms with Crippen LogP contribution in [0.15, 0.2) is 11.0 Å². The molecule has 0 spiro atoms. The lowest BCUT2D eigenvalue weighted by Gasteiger charge is -2.27. The van der Waals surface area contributed by atoms with E-state index >= 15 is 0 Å². The maximum absolute atomic E-state index is 12.8. The number of hydrogen-bond acceptors (Lipinski definition) is 4. The SMILES string of the molecule is NC(=S)CN(C1CCCC1)S(=O)(=O)c1cc(Cl)sc1Cl. The Hall–Kier alpha value is 0.0800. The fraction of sp³-hybridized carbons (Fsp3) is 0.545. The molecule has 0 aromatic carbocycles. The zero-order chi connectivity index (χ0) is 14.9. The minimum absolute atomic E-state index is 0.0339. The first-order valence-corrected chi connectivity index (χ1v) is 9.49. The molecule has 0 atom stereocenters. The second-order valence-electron chi connectivity index (χ2n) is 4.64. The van der Waals surface area contributed by atoms with Crippen LogP contribution in [-0.4, -0.2) is 30.3 Å². The molecule has 0 bridgehead atoms. The van der Waals surface area contributed by atoms with Crippen molar-refractivity contribution in [1.82, 2.24) is 4.31 Å². The van der Waals surface area contributed by atoms with Gasteiger partial charge in [-0.1, -0.05) is 48.3 Å². The lowest BCUT2D eigenvalue weighted by atomic mass is 10.2. The van der Waals surface area contributed by atoms with Gasteiger partial charge in [0.1, 0.15) is 9.23 Å². The molecule has 1 aromatic heterocycles. The zero-order valence-electron chi connectivity index (χ0n) is 10.5. The van der Waals surface area contributed by atoms with Crippen molar-refractivity contribution in [3.63, 3.8) is 0 Å². The summed E-state index contributed by atoms with van der Waals surface area (Å²) in [5.41, 5.74) is 5.55. The topological polar surface area (TPSA) is 63.4 Å². The Kier molecular flexibility index (Phi) is 5.31. The summed E-state index contributed by atoms with van der Waals surface area (Å²) in [6.45, 7) is 0.0339. The van der Waals surface area contributed by atoms with E-state index in [1.165, 1.54) is 10.4 Å². The first-order chi connectivity index (χ1) is 9.32. The molecule has 4 nitrogen and oxygen atoms in total. The third-order valence-corrected chi connectivity index (χ3v) is 7.04. The monoisotopic (exact) mass is 372 g/mol. The van der Waals surface area contributed by atoms with E-state index in [1.807, 2.05) is 0 Å². The fourth-order valence-electron chi connectivity index (χ4n) is 2.38. The Morgan fingerprint density at radius 2 is 2.05 bits per heavy atom. The van der Waals surface area contributed by atoms with Crippen LogP contribution in [0.1, 0.15) is 25.7 Å². The third-order valence-electron chi connectivity index (χ3n) is 3.26. The standard InChI is InChI=1S/C11H14Cl2N2O2S3/c12-9-5-8(11(13)19-9)20(16,17)15(6-10(14)18)7-3-1-2-4-7/h5,7H,1-4,6H2,(H2,14,18). The highest BCUT2D eigenvalue weighted by molar-refractivity contribution is 7.89. The largest absolute Gasteiger partial charge is 0.392 e. The Morgan fingerprint density at radius 1 is 1.45 bits per heavy atom. The van der Waals surface area contributed by atoms with Crippen molar-refractivity contribution in [3.05, 3.63) is 14.7 Å². The van der Waals surface area contributed by atoms with Gasteiger partial charge in [0.15, 0.2) is 0 Å². The van der Waals surface area contributed by atoms with Crippen LogP contribution in [0.3, 0.4) is 0 Å². The van der Waals surface area contributed by atoms with Crippen LogP contribution in [0.2, 0.25) is 8.67 Å². The summed E-state index contributed by atoms with van der Waals surface area (Å²) in [5.74, 6) is 0. The van der Waals surface area contributed by atoms with Crippen molar-refractivity contribution in [3.8, 4) is 0 Å². The first kappa shape index (κ1) is 16.5. The maximum atomic E-state index is 12.8. The van der Waals surface area contributed by atoms with E-state index in [0.717, 1.165) is 37.0 Å². The van der Waals surface area contributed by atoms with E-state index in [9.17, 15) is 8.42 Å². The number of nitrogens with zero attached hydrogens (tertiary/aromatic N) is 1. The van der Waals surface area contributed by atoms with E-state index in [2.05, 4.69) is 0 Å². The van der Waals surface area contributed by atoms with Gasteiger partial charge in [0.2, 0.25) is 10.0 Å². The molecule has 2 N–H and O–H groups in total. The van der Waals surface area contributed by atoms with Crippen molar-refractivity contribution < 1.29 is 8.42 Å². The molecule has 1 aromatic rings. The van der Waals surface area contributed by atoms with Gasteiger partial charge in [-0.25, -0.2) is 8.42 Å². The van der Waals surface area contributed by atoms with E-state index in [-0.39, 0.29) is 26.8 Å². The predicted molar refractivity (Wildman–Crippen MR) is 87.3 cm³/mol. The van der Waals surface area contributed by atoms with Crippen LogP contribution in [-0.2, 0) is 10.0 Å². The summed E-state index contributed by atoms with van der Waals surface area (Å²) in [4.78, 5) is 0.190. The maximum Gasteiger partial charge on any atom is 0.246 e. The number of thiocarbonyl (C=S) groups is 1. The summed E-state index contributed by atoms with van der Waals surface area (Å²) in [7, 11) is -3.73. The Balaban J connectivity index is 2.40. The molecule has 0 aliphatic heterocycles. The first-order valence-electron chi connectivity index (χ1n) is 6.07. The average Bonchev–Trinajstić information content (AvgIpc) is 2.95. The molecular weight excluding hydrogens is 359 g/mol. The quantitative estimate of drug-likeness (QED) is 0.805. The van der Waals surface area contributed by atoms with Gasteiger partial charge in [-0.05, 0) is 18.9 Å². The molecule has 0 radical (unpaired) electrons. The van der Waals surface area contributed by atoms with Crippen LogP contribution >= 0.6 is 46.8 Å². The minimum Gasteiger partial charge on any atom is -0.392 e. The molecule has 1 aliphatic carbocycles. The van der Waals surface area contributed by atoms with Gasteiger partial charge in [-0.3, -0.25) is 0 Å². The molecule has 1 saturated carbocycles. The summed E-state index contributed by atoms with van der Waals surface area (Å²) < 4.78 is 27.4. The van der Waals surface area contributed by atoms with Gasteiger partial charge in [-0.2, -0.15) is 4.31 Å². The summed E-state index contributed by atoms with van der Waals surface area (Å²) in [6, 6.07) is 1.31. The molecule has 0 saturated heterocycles. The van der Waals surface area contributed by atoms with E-state index in [0.29, 0.717) is 4.34 Å². The third kappa shape index (κ3) is 3.45. The number of halogens is 2. The summed E-state index contributed by atoms with van der Waals surface area (Å²) in [5, 5.41) is 0. The number of thiophene rings is 1. The Labute approximate surface area is 137 Å². The molecule has 2 rings (SSSR count). The predicted octanol–water partition coefficient (Wildman–Crippen LogP) is 3.27. The molecule has 0 unspecified atom stereocenters. The summed E-state index contributed by atoms with van der Waals surface area (Å²) >= 11 is 17.7. The van der Waals surface area contributed by atoms with Crippen LogP contribution in [0, 0.1) is 0 Å². The molecule has 9 heteroatoms. The van der Waals surface area contributed by atoms with Crippen LogP contribution < -0.4 is 5.73 Å². The lowest BCUT2D eigenvalue weighted by Crippen LogP contribution is -2.43. The van der Waals surface area contributed by atoms with Gasteiger partial charge in [-0.15, -0.1) is 11.3 Å². The molecule has 1 aliphatic rings. The lowest BCUT2D eigenvalue weighted by molar-refractivity contribution is 0.355. The number of nitrogens with two attached hydrogens (primary N) is 1. The van der Waals surface area contributed by atoms with Crippen molar-refractivity contribution in [2.45, 2.75) is 36.6 Å². The van der Waals surface area contributed by atoms with Gasteiger partial charge < -0.3 is 5.73 Å². The Bertz CT molecular complexity index is 609. The van der Waals surface area contributed by atoms with Gasteiger partial charge in [0.05, 0.1) is 15.9 Å². The molecule has 20 heavy (non-hydrogen) atoms. The van der Waals surface area contributed by atoms with E-state index in [4.69, 9.17) is 41.2 Å². The normalized spacial score (nSPS) is 16.9. The van der Waals surface area contributed by atoms with Crippen molar-refractivity contribution in [2.75, 3.05) is 6.54 Å². The fourth-order valence-corrected chi connectivity index (χ4v) is 6.38. The zero-order valence-corrected chi connectivity index (χ0v) is 14.5. The molecule has 1 fully saturated rings. The van der Waals surface area contributed by atoms with Gasteiger partial charge in [0.25, 0.3) is 0 Å². The number of hydrogen-bond donors (Lipinski definition) is 1. The van der Waals surface area contributed by atoms with E-state index in [1.54, 1.807) is 0 Å². The highest BCUT2D eigenvalue weighted by atomic mass is 35.5. The van der Waals surface area contributed by atoms with Crippen molar-refractivity contribution in [1.29, 1.82) is 0 Å². The van der Waals surface area contributed by atoms with Crippen molar-refractivity contribution in [2.24, 2.45) is 5.73 Å². The van der Waals surface area contributed by atoms with Crippen LogP contribution in [0.5, 0.6) is 0 Å². The second kappa shape index (κ2) is 6.46. The van der Waals surface area contributed by atoms with Gasteiger partial charge >= 0.3 is 0 Å². The second-order valence-corrected chi connectivity index (χ2v) is 9.31. The average molecular weight is 373 g/mol. The van der Waals surface area contributed by atoms with Gasteiger partial charge in [0, 0.05) is 6.04 Å². The highest BCUT2D eigenvalue weighted by Gasteiger charge is 2.35. The van der Waals surface area contributed by atoms with E-state index < -0.39 is 10.0 Å². The summed E-state index contributed by atoms with van der Waals surface area (Å²) in [6.07, 6.45) is 3.65. The minimum atomic E-state index is -3.73. The smallest absolute Gasteiger partial charge is 0.246 e. The number of rotatable bonds is 5.